The molecule has 0 saturated carbocycles. The van der Waals surface area contributed by atoms with Crippen molar-refractivity contribution in [3.05, 3.63) is 69.8 Å². The minimum absolute atomic E-state index is 0.0838. The Labute approximate surface area is 141 Å². The van der Waals surface area contributed by atoms with Gasteiger partial charge < -0.3 is 10.2 Å². The van der Waals surface area contributed by atoms with E-state index in [1.54, 1.807) is 12.1 Å². The summed E-state index contributed by atoms with van der Waals surface area (Å²) in [6.45, 7) is 3.97. The van der Waals surface area contributed by atoms with Gasteiger partial charge in [0, 0.05) is 24.9 Å². The first kappa shape index (κ1) is 16.9. The van der Waals surface area contributed by atoms with Gasteiger partial charge in [-0.3, -0.25) is 10.1 Å². The number of aryl methyl sites for hydroxylation is 1. The molecule has 0 heterocycles. The largest absolute Gasteiger partial charge is 0.345 e. The van der Waals surface area contributed by atoms with Crippen molar-refractivity contribution in [2.24, 2.45) is 0 Å². The van der Waals surface area contributed by atoms with Crippen LogP contribution in [0.5, 0.6) is 0 Å². The molecule has 2 rings (SSSR count). The number of thiocarbonyl (C=S) groups is 1. The van der Waals surface area contributed by atoms with Crippen molar-refractivity contribution >= 4 is 28.7 Å². The molecular formula is C17H19N3O2S. The van der Waals surface area contributed by atoms with Crippen LogP contribution in [0.25, 0.3) is 0 Å². The highest BCUT2D eigenvalue weighted by molar-refractivity contribution is 7.80. The van der Waals surface area contributed by atoms with Crippen molar-refractivity contribution in [2.45, 2.75) is 19.9 Å². The van der Waals surface area contributed by atoms with E-state index in [2.05, 4.69) is 5.32 Å². The Balaban J connectivity index is 2.14. The molecule has 0 amide bonds. The van der Waals surface area contributed by atoms with Gasteiger partial charge in [0.15, 0.2) is 5.11 Å². The monoisotopic (exact) mass is 329 g/mol. The minimum Gasteiger partial charge on any atom is -0.345 e. The van der Waals surface area contributed by atoms with Crippen LogP contribution in [-0.4, -0.2) is 22.0 Å². The molecule has 0 fully saturated rings. The number of nitrogens with zero attached hydrogens (tertiary/aromatic N) is 2. The SMILES string of the molecule is Cc1ccccc1NC(=S)N(C)[C@H](C)c1cccc([N+](=O)[O-])c1. The number of nitrogens with one attached hydrogen (secondary N) is 1. The molecule has 1 atom stereocenters. The number of non-ortho nitro benzene ring substituents is 1. The number of hydrogen-bond acceptors (Lipinski definition) is 3. The number of hydrogen-bond donors (Lipinski definition) is 1. The van der Waals surface area contributed by atoms with Crippen LogP contribution in [0.1, 0.15) is 24.1 Å². The van der Waals surface area contributed by atoms with E-state index < -0.39 is 0 Å². The number of benzene rings is 2. The van der Waals surface area contributed by atoms with Gasteiger partial charge in [0.05, 0.1) is 11.0 Å². The second kappa shape index (κ2) is 7.19. The highest BCUT2D eigenvalue weighted by Crippen LogP contribution is 2.24. The van der Waals surface area contributed by atoms with Crippen molar-refractivity contribution < 1.29 is 4.92 Å². The summed E-state index contributed by atoms with van der Waals surface area (Å²) >= 11 is 5.46. The minimum atomic E-state index is -0.389. The van der Waals surface area contributed by atoms with Gasteiger partial charge in [-0.1, -0.05) is 30.3 Å². The van der Waals surface area contributed by atoms with Crippen molar-refractivity contribution in [3.8, 4) is 0 Å². The van der Waals surface area contributed by atoms with Crippen molar-refractivity contribution in [1.29, 1.82) is 0 Å². The van der Waals surface area contributed by atoms with E-state index in [9.17, 15) is 10.1 Å². The Bertz CT molecular complexity index is 733. The second-order valence-corrected chi connectivity index (χ2v) is 5.77. The van der Waals surface area contributed by atoms with Gasteiger partial charge in [0.1, 0.15) is 0 Å². The van der Waals surface area contributed by atoms with E-state index in [-0.39, 0.29) is 16.7 Å². The van der Waals surface area contributed by atoms with Gasteiger partial charge in [-0.2, -0.15) is 0 Å². The maximum absolute atomic E-state index is 10.9. The van der Waals surface area contributed by atoms with Crippen molar-refractivity contribution in [3.63, 3.8) is 0 Å². The lowest BCUT2D eigenvalue weighted by atomic mass is 10.1. The van der Waals surface area contributed by atoms with Gasteiger partial charge in [-0.05, 0) is 43.3 Å². The average molecular weight is 329 g/mol. The Morgan fingerprint density at radius 2 is 1.96 bits per heavy atom. The van der Waals surface area contributed by atoms with E-state index in [1.807, 2.05) is 56.1 Å². The zero-order chi connectivity index (χ0) is 17.0. The van der Waals surface area contributed by atoms with Crippen molar-refractivity contribution in [1.82, 2.24) is 4.90 Å². The number of rotatable bonds is 4. The predicted molar refractivity (Wildman–Crippen MR) is 96.7 cm³/mol. The quantitative estimate of drug-likeness (QED) is 0.515. The Hall–Kier alpha value is -2.47. The summed E-state index contributed by atoms with van der Waals surface area (Å²) in [6.07, 6.45) is 0. The van der Waals surface area contributed by atoms with E-state index in [0.717, 1.165) is 16.8 Å². The van der Waals surface area contributed by atoms with Crippen LogP contribution in [0.15, 0.2) is 48.5 Å². The second-order valence-electron chi connectivity index (χ2n) is 5.38. The molecule has 0 aliphatic carbocycles. The highest BCUT2D eigenvalue weighted by Gasteiger charge is 2.17. The summed E-state index contributed by atoms with van der Waals surface area (Å²) in [5.41, 5.74) is 2.98. The summed E-state index contributed by atoms with van der Waals surface area (Å²) < 4.78 is 0. The molecular weight excluding hydrogens is 310 g/mol. The zero-order valence-electron chi connectivity index (χ0n) is 13.3. The molecule has 0 spiro atoms. The lowest BCUT2D eigenvalue weighted by molar-refractivity contribution is -0.384. The third kappa shape index (κ3) is 4.04. The summed E-state index contributed by atoms with van der Waals surface area (Å²) in [4.78, 5) is 12.4. The van der Waals surface area contributed by atoms with E-state index in [1.165, 1.54) is 6.07 Å². The molecule has 23 heavy (non-hydrogen) atoms. The smallest absolute Gasteiger partial charge is 0.269 e. The molecule has 2 aromatic rings. The number of nitro groups is 1. The Kier molecular flexibility index (Phi) is 5.28. The molecule has 0 saturated heterocycles. The van der Waals surface area contributed by atoms with E-state index in [0.29, 0.717) is 5.11 Å². The van der Waals surface area contributed by atoms with Crippen LogP contribution in [0.4, 0.5) is 11.4 Å². The van der Waals surface area contributed by atoms with Gasteiger partial charge in [0.25, 0.3) is 5.69 Å². The fraction of sp³-hybridized carbons (Fsp3) is 0.235. The normalized spacial score (nSPS) is 11.6. The third-order valence-corrected chi connectivity index (χ3v) is 4.24. The molecule has 5 nitrogen and oxygen atoms in total. The molecule has 0 unspecified atom stereocenters. The first-order chi connectivity index (χ1) is 10.9. The molecule has 6 heteroatoms. The molecule has 0 radical (unpaired) electrons. The first-order valence-corrected chi connectivity index (χ1v) is 7.64. The van der Waals surface area contributed by atoms with Crippen molar-refractivity contribution in [2.75, 3.05) is 12.4 Å². The van der Waals surface area contributed by atoms with Crippen LogP contribution < -0.4 is 5.32 Å². The summed E-state index contributed by atoms with van der Waals surface area (Å²) in [7, 11) is 1.87. The summed E-state index contributed by atoms with van der Waals surface area (Å²) in [5.74, 6) is 0. The van der Waals surface area contributed by atoms with Gasteiger partial charge in [-0.25, -0.2) is 0 Å². The molecule has 120 valence electrons. The third-order valence-electron chi connectivity index (χ3n) is 3.85. The lowest BCUT2D eigenvalue weighted by Gasteiger charge is -2.28. The van der Waals surface area contributed by atoms with Crippen LogP contribution in [0.2, 0.25) is 0 Å². The zero-order valence-corrected chi connectivity index (χ0v) is 14.1. The molecule has 0 bridgehead atoms. The van der Waals surface area contributed by atoms with Gasteiger partial charge in [0.2, 0.25) is 0 Å². The fourth-order valence-corrected chi connectivity index (χ4v) is 2.48. The molecule has 0 aromatic heterocycles. The number of para-hydroxylation sites is 1. The standard InChI is InChI=1S/C17H19N3O2S/c1-12-7-4-5-10-16(12)18-17(23)19(3)13(2)14-8-6-9-15(11-14)20(21)22/h4-11,13H,1-3H3,(H,18,23)/t13-/m1/s1. The molecule has 1 N–H and O–H groups in total. The lowest BCUT2D eigenvalue weighted by Crippen LogP contribution is -2.33. The fourth-order valence-electron chi connectivity index (χ4n) is 2.21. The topological polar surface area (TPSA) is 58.4 Å². The highest BCUT2D eigenvalue weighted by atomic mass is 32.1. The van der Waals surface area contributed by atoms with E-state index in [4.69, 9.17) is 12.2 Å². The van der Waals surface area contributed by atoms with Crippen LogP contribution in [0.3, 0.4) is 0 Å². The first-order valence-electron chi connectivity index (χ1n) is 7.24. The van der Waals surface area contributed by atoms with Crippen LogP contribution in [0, 0.1) is 17.0 Å². The van der Waals surface area contributed by atoms with Crippen LogP contribution >= 0.6 is 12.2 Å². The average Bonchev–Trinajstić information content (AvgIpc) is 2.55. The Morgan fingerprint density at radius 3 is 2.61 bits per heavy atom. The summed E-state index contributed by atoms with van der Waals surface area (Å²) in [5, 5.41) is 14.7. The maximum atomic E-state index is 10.9. The number of anilines is 1. The van der Waals surface area contributed by atoms with Crippen LogP contribution in [-0.2, 0) is 0 Å². The predicted octanol–water partition coefficient (Wildman–Crippen LogP) is 4.29. The maximum Gasteiger partial charge on any atom is 0.269 e. The van der Waals surface area contributed by atoms with E-state index >= 15 is 0 Å². The van der Waals surface area contributed by atoms with Gasteiger partial charge in [-0.15, -0.1) is 0 Å². The molecule has 0 aliphatic heterocycles. The van der Waals surface area contributed by atoms with Gasteiger partial charge >= 0.3 is 0 Å². The Morgan fingerprint density at radius 1 is 1.26 bits per heavy atom. The molecule has 0 aliphatic rings. The summed E-state index contributed by atoms with van der Waals surface area (Å²) in [6, 6.07) is 14.4. The molecule has 2 aromatic carbocycles. The number of nitro benzene ring substituents is 1.